The van der Waals surface area contributed by atoms with Gasteiger partial charge in [0.1, 0.15) is 19.0 Å². The zero-order chi connectivity index (χ0) is 22.6. The maximum Gasteiger partial charge on any atom is 0.236 e. The predicted octanol–water partition coefficient (Wildman–Crippen LogP) is 2.10. The van der Waals surface area contributed by atoms with E-state index in [0.717, 1.165) is 44.8 Å². The summed E-state index contributed by atoms with van der Waals surface area (Å²) in [7, 11) is 0. The first-order valence-corrected chi connectivity index (χ1v) is 11.8. The van der Waals surface area contributed by atoms with E-state index in [0.29, 0.717) is 49.9 Å². The summed E-state index contributed by atoms with van der Waals surface area (Å²) in [4.78, 5) is 36.6. The van der Waals surface area contributed by atoms with E-state index in [4.69, 9.17) is 9.47 Å². The third-order valence-electron chi connectivity index (χ3n) is 6.75. The maximum absolute atomic E-state index is 13.0. The highest BCUT2D eigenvalue weighted by Gasteiger charge is 2.29. The van der Waals surface area contributed by atoms with E-state index >= 15 is 0 Å². The van der Waals surface area contributed by atoms with Crippen molar-refractivity contribution < 1.29 is 19.1 Å². The van der Waals surface area contributed by atoms with Crippen molar-refractivity contribution in [3.8, 4) is 11.5 Å². The molecule has 0 spiro atoms. The quantitative estimate of drug-likeness (QED) is 0.646. The first kappa shape index (κ1) is 21.7. The van der Waals surface area contributed by atoms with Crippen LogP contribution < -0.4 is 14.4 Å². The lowest BCUT2D eigenvalue weighted by Crippen LogP contribution is -2.52. The second-order valence-corrected chi connectivity index (χ2v) is 8.83. The Morgan fingerprint density at radius 1 is 0.909 bits per heavy atom. The number of piperidine rings is 1. The minimum atomic E-state index is -0.0131. The van der Waals surface area contributed by atoms with E-state index in [-0.39, 0.29) is 17.6 Å². The second kappa shape index (κ2) is 9.79. The number of pyridine rings is 1. The Bertz CT molecular complexity index is 983. The number of anilines is 1. The molecule has 2 aromatic rings. The van der Waals surface area contributed by atoms with Gasteiger partial charge in [-0.2, -0.15) is 0 Å². The number of fused-ring (bicyclic) bond motifs is 1. The molecule has 174 valence electrons. The topological polar surface area (TPSA) is 75.2 Å². The second-order valence-electron chi connectivity index (χ2n) is 8.83. The highest BCUT2D eigenvalue weighted by atomic mass is 16.6. The van der Waals surface area contributed by atoms with Gasteiger partial charge in [0, 0.05) is 43.9 Å². The fraction of sp³-hybridized carbons (Fsp3) is 0.480. The van der Waals surface area contributed by atoms with Gasteiger partial charge in [-0.1, -0.05) is 6.07 Å². The summed E-state index contributed by atoms with van der Waals surface area (Å²) >= 11 is 0. The number of ketones is 1. The zero-order valence-corrected chi connectivity index (χ0v) is 18.8. The zero-order valence-electron chi connectivity index (χ0n) is 18.8. The molecule has 8 nitrogen and oxygen atoms in total. The van der Waals surface area contributed by atoms with Crippen molar-refractivity contribution in [3.05, 3.63) is 48.2 Å². The van der Waals surface area contributed by atoms with E-state index in [1.807, 2.05) is 35.2 Å². The average Bonchev–Trinajstić information content (AvgIpc) is 2.89. The number of rotatable bonds is 5. The Kier molecular flexibility index (Phi) is 6.44. The molecule has 0 radical (unpaired) electrons. The largest absolute Gasteiger partial charge is 0.486 e. The van der Waals surface area contributed by atoms with Gasteiger partial charge < -0.3 is 19.3 Å². The third-order valence-corrected chi connectivity index (χ3v) is 6.75. The minimum Gasteiger partial charge on any atom is -0.486 e. The van der Waals surface area contributed by atoms with Crippen LogP contribution in [0.5, 0.6) is 11.5 Å². The first-order chi connectivity index (χ1) is 16.2. The summed E-state index contributed by atoms with van der Waals surface area (Å²) < 4.78 is 11.2. The van der Waals surface area contributed by atoms with Gasteiger partial charge in [-0.15, -0.1) is 0 Å². The minimum absolute atomic E-state index is 0.0131. The molecule has 3 aliphatic heterocycles. The van der Waals surface area contributed by atoms with E-state index in [9.17, 15) is 9.59 Å². The number of ether oxygens (including phenoxy) is 2. The summed E-state index contributed by atoms with van der Waals surface area (Å²) in [5.74, 6) is 2.64. The van der Waals surface area contributed by atoms with E-state index in [1.165, 1.54) is 0 Å². The molecule has 0 N–H and O–H groups in total. The number of Topliss-reactive ketones (excluding diaryl/α,β-unsaturated/α-hetero) is 1. The van der Waals surface area contributed by atoms with Crippen LogP contribution in [0.2, 0.25) is 0 Å². The highest BCUT2D eigenvalue weighted by molar-refractivity contribution is 5.98. The molecule has 0 unspecified atom stereocenters. The summed E-state index contributed by atoms with van der Waals surface area (Å²) in [6.07, 6.45) is 3.34. The normalized spacial score (nSPS) is 19.4. The third kappa shape index (κ3) is 4.95. The van der Waals surface area contributed by atoms with Crippen molar-refractivity contribution in [3.63, 3.8) is 0 Å². The van der Waals surface area contributed by atoms with E-state index in [1.54, 1.807) is 12.3 Å². The van der Waals surface area contributed by atoms with Gasteiger partial charge in [0.15, 0.2) is 17.3 Å². The summed E-state index contributed by atoms with van der Waals surface area (Å²) in [5, 5.41) is 0. The van der Waals surface area contributed by atoms with Gasteiger partial charge in [-0.3, -0.25) is 14.5 Å². The van der Waals surface area contributed by atoms with E-state index < -0.39 is 0 Å². The number of likely N-dealkylation sites (tertiary alicyclic amines) is 1. The van der Waals surface area contributed by atoms with Crippen molar-refractivity contribution in [1.29, 1.82) is 0 Å². The summed E-state index contributed by atoms with van der Waals surface area (Å²) in [6, 6.07) is 11.4. The molecule has 2 fully saturated rings. The average molecular weight is 451 g/mol. The lowest BCUT2D eigenvalue weighted by molar-refractivity contribution is -0.133. The number of aromatic nitrogens is 1. The molecule has 3 aliphatic rings. The standard InChI is InChI=1S/C25H30N4O4/c30-24(29-13-11-28(12-14-29)23-3-1-2-8-26-23)18-27-9-6-19(7-10-27)25(31)20-4-5-21-22(17-20)33-16-15-32-21/h1-5,8,17,19H,6-7,9-16,18H2. The molecule has 8 heteroatoms. The number of nitrogens with zero attached hydrogens (tertiary/aromatic N) is 4. The van der Waals surface area contributed by atoms with Gasteiger partial charge in [-0.05, 0) is 56.3 Å². The molecule has 4 heterocycles. The molecule has 1 amide bonds. The number of carbonyl (C=O) groups is 2. The molecule has 0 aliphatic carbocycles. The van der Waals surface area contributed by atoms with Crippen LogP contribution in [-0.4, -0.2) is 85.5 Å². The number of hydrogen-bond donors (Lipinski definition) is 0. The molecule has 33 heavy (non-hydrogen) atoms. The van der Waals surface area contributed by atoms with Crippen LogP contribution in [0.4, 0.5) is 5.82 Å². The SMILES string of the molecule is O=C(c1ccc2c(c1)OCCO2)C1CCN(CC(=O)N2CCN(c3ccccn3)CC2)CC1. The Hall–Kier alpha value is -3.13. The van der Waals surface area contributed by atoms with Crippen molar-refractivity contribution in [1.82, 2.24) is 14.8 Å². The Balaban J connectivity index is 1.08. The summed E-state index contributed by atoms with van der Waals surface area (Å²) in [5.41, 5.74) is 0.680. The molecule has 0 atom stereocenters. The molecule has 2 saturated heterocycles. The molecule has 1 aromatic carbocycles. The highest BCUT2D eigenvalue weighted by Crippen LogP contribution is 2.32. The molecular formula is C25H30N4O4. The molecular weight excluding hydrogens is 420 g/mol. The van der Waals surface area contributed by atoms with Crippen LogP contribution in [0.1, 0.15) is 23.2 Å². The number of carbonyl (C=O) groups excluding carboxylic acids is 2. The number of hydrogen-bond acceptors (Lipinski definition) is 7. The number of benzene rings is 1. The van der Waals surface area contributed by atoms with Gasteiger partial charge in [-0.25, -0.2) is 4.98 Å². The molecule has 1 aromatic heterocycles. The number of piperazine rings is 1. The lowest BCUT2D eigenvalue weighted by atomic mass is 9.88. The van der Waals surface area contributed by atoms with Crippen LogP contribution in [0.25, 0.3) is 0 Å². The number of amides is 1. The van der Waals surface area contributed by atoms with E-state index in [2.05, 4.69) is 14.8 Å². The molecule has 0 saturated carbocycles. The molecule has 0 bridgehead atoms. The van der Waals surface area contributed by atoms with Crippen LogP contribution in [-0.2, 0) is 4.79 Å². The van der Waals surface area contributed by atoms with Gasteiger partial charge >= 0.3 is 0 Å². The summed E-state index contributed by atoms with van der Waals surface area (Å²) in [6.45, 7) is 6.04. The van der Waals surface area contributed by atoms with Crippen LogP contribution in [0.3, 0.4) is 0 Å². The molecule has 5 rings (SSSR count). The van der Waals surface area contributed by atoms with Crippen LogP contribution >= 0.6 is 0 Å². The Morgan fingerprint density at radius 2 is 1.67 bits per heavy atom. The fourth-order valence-corrected chi connectivity index (χ4v) is 4.80. The van der Waals surface area contributed by atoms with Crippen molar-refractivity contribution in [2.75, 3.05) is 63.9 Å². The van der Waals surface area contributed by atoms with Crippen molar-refractivity contribution >= 4 is 17.5 Å². The smallest absolute Gasteiger partial charge is 0.236 e. The van der Waals surface area contributed by atoms with Crippen molar-refractivity contribution in [2.45, 2.75) is 12.8 Å². The first-order valence-electron chi connectivity index (χ1n) is 11.8. The van der Waals surface area contributed by atoms with Crippen molar-refractivity contribution in [2.24, 2.45) is 5.92 Å². The Morgan fingerprint density at radius 3 is 2.39 bits per heavy atom. The lowest BCUT2D eigenvalue weighted by Gasteiger charge is -2.37. The monoisotopic (exact) mass is 450 g/mol. The van der Waals surface area contributed by atoms with Gasteiger partial charge in [0.05, 0.1) is 6.54 Å². The predicted molar refractivity (Wildman–Crippen MR) is 124 cm³/mol. The van der Waals surface area contributed by atoms with Gasteiger partial charge in [0.25, 0.3) is 0 Å². The fourth-order valence-electron chi connectivity index (χ4n) is 4.80. The maximum atomic E-state index is 13.0. The van der Waals surface area contributed by atoms with Crippen LogP contribution in [0, 0.1) is 5.92 Å². The van der Waals surface area contributed by atoms with Gasteiger partial charge in [0.2, 0.25) is 5.91 Å². The Labute approximate surface area is 194 Å². The van der Waals surface area contributed by atoms with Crippen LogP contribution in [0.15, 0.2) is 42.6 Å².